The summed E-state index contributed by atoms with van der Waals surface area (Å²) in [5.74, 6) is -0.924. The third-order valence-electron chi connectivity index (χ3n) is 5.51. The summed E-state index contributed by atoms with van der Waals surface area (Å²) >= 11 is 0. The maximum atomic E-state index is 12.8. The molecule has 0 amide bonds. The summed E-state index contributed by atoms with van der Waals surface area (Å²) in [4.78, 5) is 30.7. The van der Waals surface area contributed by atoms with E-state index in [2.05, 4.69) is 0 Å². The highest BCUT2D eigenvalue weighted by atomic mass is 16.9. The topological polar surface area (TPSA) is 68.1 Å². The minimum absolute atomic E-state index is 0.114. The van der Waals surface area contributed by atoms with E-state index < -0.39 is 11.3 Å². The Bertz CT molecular complexity index is 677. The summed E-state index contributed by atoms with van der Waals surface area (Å²) in [5.41, 5.74) is -0.409. The number of ether oxygens (including phenoxy) is 2. The number of esters is 2. The molecule has 0 N–H and O–H groups in total. The van der Waals surface area contributed by atoms with E-state index in [4.69, 9.17) is 14.3 Å². The van der Waals surface area contributed by atoms with Crippen LogP contribution >= 0.6 is 0 Å². The molecule has 3 fully saturated rings. The van der Waals surface area contributed by atoms with E-state index in [0.717, 1.165) is 5.56 Å². The average Bonchev–Trinajstić information content (AvgIpc) is 3.53. The fraction of sp³-hybridized carbons (Fsp3) is 0.556. The summed E-state index contributed by atoms with van der Waals surface area (Å²) in [5, 5.41) is 1.78. The fourth-order valence-electron chi connectivity index (χ4n) is 4.22. The highest BCUT2D eigenvalue weighted by molar-refractivity contribution is 5.86. The molecule has 0 bridgehead atoms. The van der Waals surface area contributed by atoms with Crippen LogP contribution in [0.25, 0.3) is 0 Å². The van der Waals surface area contributed by atoms with Gasteiger partial charge in [0.25, 0.3) is 0 Å². The molecule has 1 aromatic rings. The molecule has 2 saturated heterocycles. The van der Waals surface area contributed by atoms with E-state index in [1.165, 1.54) is 7.11 Å². The van der Waals surface area contributed by atoms with Crippen molar-refractivity contribution < 1.29 is 23.9 Å². The van der Waals surface area contributed by atoms with Crippen LogP contribution in [0.4, 0.5) is 0 Å². The smallest absolute Gasteiger partial charge is 0.329 e. The van der Waals surface area contributed by atoms with Gasteiger partial charge in [-0.15, -0.1) is 5.06 Å². The highest BCUT2D eigenvalue weighted by Crippen LogP contribution is 2.67. The Labute approximate surface area is 140 Å². The molecular weight excluding hydrogens is 310 g/mol. The van der Waals surface area contributed by atoms with Gasteiger partial charge < -0.3 is 9.47 Å². The van der Waals surface area contributed by atoms with Gasteiger partial charge >= 0.3 is 11.9 Å². The molecule has 3 aliphatic rings. The fourth-order valence-corrected chi connectivity index (χ4v) is 4.22. The predicted octanol–water partition coefficient (Wildman–Crippen LogP) is 1.99. The second-order valence-corrected chi connectivity index (χ2v) is 6.65. The van der Waals surface area contributed by atoms with E-state index in [-0.39, 0.29) is 23.8 Å². The molecule has 6 heteroatoms. The van der Waals surface area contributed by atoms with Gasteiger partial charge in [-0.1, -0.05) is 30.3 Å². The van der Waals surface area contributed by atoms with Gasteiger partial charge in [-0.2, -0.15) is 0 Å². The number of hydrogen-bond acceptors (Lipinski definition) is 6. The van der Waals surface area contributed by atoms with Crippen LogP contribution in [0, 0.1) is 11.8 Å². The normalized spacial score (nSPS) is 39.0. The zero-order valence-electron chi connectivity index (χ0n) is 13.9. The minimum Gasteiger partial charge on any atom is -0.469 e. The molecule has 2 aliphatic heterocycles. The number of hydrogen-bond donors (Lipinski definition) is 0. The molecular formula is C18H21NO5. The number of hydroxylamine groups is 2. The molecule has 1 aliphatic carbocycles. The number of rotatable bonds is 5. The number of fused-ring (bicyclic) bond motifs is 1. The van der Waals surface area contributed by atoms with Crippen molar-refractivity contribution in [1.82, 2.24) is 5.06 Å². The molecule has 2 heterocycles. The Kier molecular flexibility index (Phi) is 3.44. The van der Waals surface area contributed by atoms with Crippen LogP contribution in [-0.2, 0) is 29.6 Å². The average molecular weight is 331 g/mol. The number of carbonyl (C=O) groups excluding carboxylic acids is 2. The third kappa shape index (κ3) is 1.96. The molecule has 1 saturated carbocycles. The van der Waals surface area contributed by atoms with Gasteiger partial charge in [0.15, 0.2) is 11.3 Å². The van der Waals surface area contributed by atoms with Gasteiger partial charge in [-0.3, -0.25) is 9.63 Å². The highest BCUT2D eigenvalue weighted by Gasteiger charge is 2.79. The van der Waals surface area contributed by atoms with Gasteiger partial charge in [0.05, 0.1) is 19.6 Å². The van der Waals surface area contributed by atoms with Crippen molar-refractivity contribution in [3.05, 3.63) is 35.9 Å². The predicted molar refractivity (Wildman–Crippen MR) is 83.3 cm³/mol. The van der Waals surface area contributed by atoms with Crippen LogP contribution in [0.15, 0.2) is 30.3 Å². The lowest BCUT2D eigenvalue weighted by atomic mass is 9.89. The van der Waals surface area contributed by atoms with Crippen LogP contribution in [0.2, 0.25) is 0 Å². The molecule has 4 rings (SSSR count). The van der Waals surface area contributed by atoms with Gasteiger partial charge in [0, 0.05) is 17.9 Å². The molecule has 6 nitrogen and oxygen atoms in total. The van der Waals surface area contributed by atoms with E-state index in [0.29, 0.717) is 25.9 Å². The van der Waals surface area contributed by atoms with Gasteiger partial charge in [0.1, 0.15) is 0 Å². The van der Waals surface area contributed by atoms with Crippen molar-refractivity contribution in [2.75, 3.05) is 13.7 Å². The maximum absolute atomic E-state index is 12.8. The SMILES string of the molecule is CCOC(=O)[C@@]1(C2C[C@H]2C(=O)OC)CC[C@@]2(c3ccccc3)ON21. The number of nitrogens with zero attached hydrogens (tertiary/aromatic N) is 1. The lowest BCUT2D eigenvalue weighted by Gasteiger charge is -2.27. The molecule has 5 atom stereocenters. The monoisotopic (exact) mass is 331 g/mol. The first-order chi connectivity index (χ1) is 11.6. The lowest BCUT2D eigenvalue weighted by Crippen LogP contribution is -2.48. The first-order valence-electron chi connectivity index (χ1n) is 8.40. The molecule has 0 aromatic heterocycles. The van der Waals surface area contributed by atoms with Crippen LogP contribution in [0.5, 0.6) is 0 Å². The summed E-state index contributed by atoms with van der Waals surface area (Å²) in [6.07, 6.45) is 1.97. The number of benzene rings is 1. The van der Waals surface area contributed by atoms with Gasteiger partial charge in [-0.25, -0.2) is 4.79 Å². The van der Waals surface area contributed by atoms with Crippen molar-refractivity contribution in [2.45, 2.75) is 37.5 Å². The van der Waals surface area contributed by atoms with Crippen LogP contribution in [0.1, 0.15) is 31.7 Å². The standard InChI is InChI=1S/C18H21NO5/c1-3-23-16(21)17(14-11-13(14)15(20)22-2)9-10-18(19(17)24-18)12-7-5-4-6-8-12/h4-8,13-14H,3,9-11H2,1-2H3/t13-,14?,17+,18+,19?/m1/s1. The van der Waals surface area contributed by atoms with Crippen molar-refractivity contribution in [3.63, 3.8) is 0 Å². The van der Waals surface area contributed by atoms with Gasteiger partial charge in [0.2, 0.25) is 0 Å². The van der Waals surface area contributed by atoms with E-state index in [1.807, 2.05) is 30.3 Å². The Balaban J connectivity index is 1.65. The van der Waals surface area contributed by atoms with E-state index in [9.17, 15) is 9.59 Å². The Morgan fingerprint density at radius 1 is 1.29 bits per heavy atom. The first kappa shape index (κ1) is 15.6. The second-order valence-electron chi connectivity index (χ2n) is 6.65. The molecule has 0 spiro atoms. The minimum atomic E-state index is -0.884. The molecule has 1 aromatic carbocycles. The van der Waals surface area contributed by atoms with Crippen molar-refractivity contribution in [3.8, 4) is 0 Å². The first-order valence-corrected chi connectivity index (χ1v) is 8.40. The third-order valence-corrected chi connectivity index (χ3v) is 5.51. The summed E-state index contributed by atoms with van der Waals surface area (Å²) in [7, 11) is 1.38. The quantitative estimate of drug-likeness (QED) is 0.607. The van der Waals surface area contributed by atoms with Crippen molar-refractivity contribution >= 4 is 11.9 Å². The number of carbonyl (C=O) groups is 2. The molecule has 0 radical (unpaired) electrons. The summed E-state index contributed by atoms with van der Waals surface area (Å²) in [6.45, 7) is 2.10. The second kappa shape index (κ2) is 5.29. The largest absolute Gasteiger partial charge is 0.469 e. The Morgan fingerprint density at radius 2 is 2.04 bits per heavy atom. The van der Waals surface area contributed by atoms with Gasteiger partial charge in [-0.05, 0) is 19.8 Å². The van der Waals surface area contributed by atoms with Crippen LogP contribution < -0.4 is 0 Å². The molecule has 24 heavy (non-hydrogen) atoms. The van der Waals surface area contributed by atoms with Crippen molar-refractivity contribution in [2.24, 2.45) is 11.8 Å². The zero-order chi connectivity index (χ0) is 16.9. The lowest BCUT2D eigenvalue weighted by molar-refractivity contribution is -0.161. The van der Waals surface area contributed by atoms with Crippen molar-refractivity contribution in [1.29, 1.82) is 0 Å². The summed E-state index contributed by atoms with van der Waals surface area (Å²) < 4.78 is 10.2. The van der Waals surface area contributed by atoms with Crippen LogP contribution in [-0.4, -0.2) is 36.3 Å². The Morgan fingerprint density at radius 3 is 2.67 bits per heavy atom. The molecule has 2 unspecified atom stereocenters. The Hall–Kier alpha value is -1.92. The summed E-state index contributed by atoms with van der Waals surface area (Å²) in [6, 6.07) is 9.89. The van der Waals surface area contributed by atoms with E-state index in [1.54, 1.807) is 12.0 Å². The van der Waals surface area contributed by atoms with E-state index >= 15 is 0 Å². The molecule has 128 valence electrons. The zero-order valence-corrected chi connectivity index (χ0v) is 13.9. The van der Waals surface area contributed by atoms with Crippen LogP contribution in [0.3, 0.4) is 0 Å². The maximum Gasteiger partial charge on any atom is 0.329 e. The number of methoxy groups -OCH3 is 1.